The van der Waals surface area contributed by atoms with Crippen LogP contribution in [0.3, 0.4) is 0 Å². The van der Waals surface area contributed by atoms with Crippen LogP contribution >= 0.6 is 0 Å². The van der Waals surface area contributed by atoms with Crippen molar-refractivity contribution >= 4 is 5.78 Å². The van der Waals surface area contributed by atoms with Crippen LogP contribution in [0.25, 0.3) is 0 Å². The van der Waals surface area contributed by atoms with Crippen molar-refractivity contribution in [2.45, 2.75) is 50.9 Å². The third kappa shape index (κ3) is 2.44. The summed E-state index contributed by atoms with van der Waals surface area (Å²) in [5.41, 5.74) is 3.34. The Bertz CT molecular complexity index is 544. The third-order valence-corrected chi connectivity index (χ3v) is 6.12. The molecule has 1 N–H and O–H groups in total. The van der Waals surface area contributed by atoms with Crippen molar-refractivity contribution in [3.05, 3.63) is 35.4 Å². The number of hydrogen-bond acceptors (Lipinski definition) is 2. The predicted octanol–water partition coefficient (Wildman–Crippen LogP) is 3.46. The van der Waals surface area contributed by atoms with Crippen LogP contribution in [0, 0.1) is 11.3 Å². The Morgan fingerprint density at radius 1 is 1.24 bits per heavy atom. The second-order valence-electron chi connectivity index (χ2n) is 7.33. The number of nitrogens with one attached hydrogen (secondary N) is 1. The number of piperidine rings is 1. The van der Waals surface area contributed by atoms with Gasteiger partial charge in [0.15, 0.2) is 0 Å². The zero-order valence-electron chi connectivity index (χ0n) is 12.7. The lowest BCUT2D eigenvalue weighted by atomic mass is 9.79. The number of rotatable bonds is 3. The van der Waals surface area contributed by atoms with Crippen LogP contribution < -0.4 is 5.32 Å². The van der Waals surface area contributed by atoms with Gasteiger partial charge in [0.25, 0.3) is 0 Å². The average molecular weight is 283 g/mol. The Kier molecular flexibility index (Phi) is 3.37. The number of hydrogen-bond donors (Lipinski definition) is 1. The largest absolute Gasteiger partial charge is 0.317 e. The van der Waals surface area contributed by atoms with Crippen LogP contribution in [0.1, 0.15) is 55.6 Å². The van der Waals surface area contributed by atoms with E-state index >= 15 is 0 Å². The summed E-state index contributed by atoms with van der Waals surface area (Å²) < 4.78 is 0. The Morgan fingerprint density at radius 2 is 2.05 bits per heavy atom. The molecular formula is C19H25NO. The maximum Gasteiger partial charge on any atom is 0.137 e. The van der Waals surface area contributed by atoms with Gasteiger partial charge in [0.05, 0.1) is 0 Å². The molecule has 1 aliphatic heterocycles. The molecule has 1 aromatic carbocycles. The van der Waals surface area contributed by atoms with Gasteiger partial charge < -0.3 is 5.32 Å². The fraction of sp³-hybridized carbons (Fsp3) is 0.632. The molecule has 1 saturated carbocycles. The van der Waals surface area contributed by atoms with Gasteiger partial charge in [-0.2, -0.15) is 0 Å². The summed E-state index contributed by atoms with van der Waals surface area (Å²) in [4.78, 5) is 12.7. The van der Waals surface area contributed by atoms with Crippen molar-refractivity contribution in [1.29, 1.82) is 0 Å². The summed E-state index contributed by atoms with van der Waals surface area (Å²) in [5, 5.41) is 3.42. The molecule has 1 aromatic rings. The third-order valence-electron chi connectivity index (χ3n) is 6.12. The first-order valence-electron chi connectivity index (χ1n) is 8.60. The smallest absolute Gasteiger partial charge is 0.137 e. The van der Waals surface area contributed by atoms with Crippen molar-refractivity contribution in [2.75, 3.05) is 13.1 Å². The molecule has 112 valence electrons. The van der Waals surface area contributed by atoms with E-state index < -0.39 is 0 Å². The predicted molar refractivity (Wildman–Crippen MR) is 84.4 cm³/mol. The van der Waals surface area contributed by atoms with Gasteiger partial charge in [-0.15, -0.1) is 0 Å². The Balaban J connectivity index is 1.44. The van der Waals surface area contributed by atoms with Gasteiger partial charge >= 0.3 is 0 Å². The number of Topliss-reactive ketones (excluding diaryl/α,β-unsaturated/α-hetero) is 1. The Morgan fingerprint density at radius 3 is 2.90 bits per heavy atom. The summed E-state index contributed by atoms with van der Waals surface area (Å²) >= 11 is 0. The zero-order valence-corrected chi connectivity index (χ0v) is 12.7. The fourth-order valence-corrected chi connectivity index (χ4v) is 4.73. The molecule has 1 saturated heterocycles. The number of fused-ring (bicyclic) bond motifs is 1. The number of aryl methyl sites for hydroxylation is 1. The van der Waals surface area contributed by atoms with Crippen LogP contribution in [0.15, 0.2) is 24.3 Å². The molecule has 0 aromatic heterocycles. The lowest BCUT2D eigenvalue weighted by molar-refractivity contribution is -0.121. The van der Waals surface area contributed by atoms with Crippen molar-refractivity contribution in [2.24, 2.45) is 11.3 Å². The molecule has 1 heterocycles. The van der Waals surface area contributed by atoms with Crippen LogP contribution in [0.5, 0.6) is 0 Å². The topological polar surface area (TPSA) is 29.1 Å². The molecule has 2 aliphatic carbocycles. The first-order valence-corrected chi connectivity index (χ1v) is 8.60. The van der Waals surface area contributed by atoms with E-state index in [1.54, 1.807) is 0 Å². The Hall–Kier alpha value is -1.15. The minimum absolute atomic E-state index is 0.383. The van der Waals surface area contributed by atoms with Gasteiger partial charge in [-0.05, 0) is 74.1 Å². The minimum Gasteiger partial charge on any atom is -0.317 e. The highest BCUT2D eigenvalue weighted by molar-refractivity contribution is 5.85. The minimum atomic E-state index is 0.383. The molecule has 0 amide bonds. The zero-order chi connectivity index (χ0) is 14.3. The molecule has 4 rings (SSSR count). The van der Waals surface area contributed by atoms with Crippen LogP contribution in [0.2, 0.25) is 0 Å². The highest BCUT2D eigenvalue weighted by Crippen LogP contribution is 2.59. The maximum absolute atomic E-state index is 12.7. The normalized spacial score (nSPS) is 29.9. The van der Waals surface area contributed by atoms with Gasteiger partial charge in [-0.25, -0.2) is 0 Å². The van der Waals surface area contributed by atoms with Crippen molar-refractivity contribution in [3.8, 4) is 0 Å². The highest BCUT2D eigenvalue weighted by Gasteiger charge is 2.57. The van der Waals surface area contributed by atoms with Gasteiger partial charge in [0.2, 0.25) is 0 Å². The molecular weight excluding hydrogens is 258 g/mol. The fourth-order valence-electron chi connectivity index (χ4n) is 4.73. The van der Waals surface area contributed by atoms with Crippen molar-refractivity contribution in [3.63, 3.8) is 0 Å². The summed E-state index contributed by atoms with van der Waals surface area (Å²) in [6.07, 6.45) is 8.02. The molecule has 2 nitrogen and oxygen atoms in total. The number of benzene rings is 1. The van der Waals surface area contributed by atoms with E-state index in [4.69, 9.17) is 0 Å². The summed E-state index contributed by atoms with van der Waals surface area (Å²) in [5.74, 6) is 1.43. The van der Waals surface area contributed by atoms with Gasteiger partial charge in [-0.3, -0.25) is 4.79 Å². The molecule has 3 aliphatic rings. The van der Waals surface area contributed by atoms with Crippen LogP contribution in [-0.2, 0) is 11.2 Å². The van der Waals surface area contributed by atoms with E-state index in [-0.39, 0.29) is 0 Å². The highest BCUT2D eigenvalue weighted by atomic mass is 16.1. The first kappa shape index (κ1) is 13.5. The average Bonchev–Trinajstić information content (AvgIpc) is 3.22. The molecule has 21 heavy (non-hydrogen) atoms. The standard InChI is InChI=1S/C19H25NO/c21-18(17-13-19(17)8-10-20-11-9-19)12-15-6-3-5-14-4-1-2-7-16(14)15/h1-2,4,7,15,17,20H,3,5-6,8-13H2. The summed E-state index contributed by atoms with van der Waals surface area (Å²) in [6.45, 7) is 2.21. The lowest BCUT2D eigenvalue weighted by Gasteiger charge is -2.26. The maximum atomic E-state index is 12.7. The van der Waals surface area contributed by atoms with E-state index in [9.17, 15) is 4.79 Å². The molecule has 2 unspecified atom stereocenters. The van der Waals surface area contributed by atoms with E-state index in [2.05, 4.69) is 29.6 Å². The monoisotopic (exact) mass is 283 g/mol. The van der Waals surface area contributed by atoms with Crippen molar-refractivity contribution < 1.29 is 4.79 Å². The molecule has 1 spiro atoms. The lowest BCUT2D eigenvalue weighted by Crippen LogP contribution is -2.31. The molecule has 2 heteroatoms. The van der Waals surface area contributed by atoms with E-state index in [1.165, 1.54) is 49.7 Å². The van der Waals surface area contributed by atoms with Crippen LogP contribution in [0.4, 0.5) is 0 Å². The van der Waals surface area contributed by atoms with Gasteiger partial charge in [0.1, 0.15) is 5.78 Å². The summed E-state index contributed by atoms with van der Waals surface area (Å²) in [7, 11) is 0. The number of carbonyl (C=O) groups is 1. The van der Waals surface area contributed by atoms with E-state index in [1.807, 2.05) is 0 Å². The van der Waals surface area contributed by atoms with Crippen LogP contribution in [-0.4, -0.2) is 18.9 Å². The second kappa shape index (κ2) is 5.24. The number of ketones is 1. The molecule has 0 bridgehead atoms. The number of carbonyl (C=O) groups excluding carboxylic acids is 1. The van der Waals surface area contributed by atoms with Gasteiger partial charge in [0, 0.05) is 12.3 Å². The van der Waals surface area contributed by atoms with E-state index in [0.717, 1.165) is 19.5 Å². The quantitative estimate of drug-likeness (QED) is 0.920. The molecule has 2 fully saturated rings. The van der Waals surface area contributed by atoms with Gasteiger partial charge in [-0.1, -0.05) is 24.3 Å². The van der Waals surface area contributed by atoms with Crippen molar-refractivity contribution in [1.82, 2.24) is 5.32 Å². The first-order chi connectivity index (χ1) is 10.3. The molecule has 2 atom stereocenters. The molecule has 0 radical (unpaired) electrons. The second-order valence-corrected chi connectivity index (χ2v) is 7.33. The SMILES string of the molecule is O=C(CC1CCCc2ccccc21)C1CC12CCNCC2. The Labute approximate surface area is 127 Å². The summed E-state index contributed by atoms with van der Waals surface area (Å²) in [6, 6.07) is 8.76. The van der Waals surface area contributed by atoms with E-state index in [0.29, 0.717) is 23.0 Å².